The van der Waals surface area contributed by atoms with Gasteiger partial charge in [0.2, 0.25) is 10.0 Å². The van der Waals surface area contributed by atoms with Gasteiger partial charge in [0.05, 0.1) is 11.0 Å². The topological polar surface area (TPSA) is 88.4 Å². The van der Waals surface area contributed by atoms with Crippen LogP contribution in [0.1, 0.15) is 12.8 Å². The molecule has 1 aromatic rings. The highest BCUT2D eigenvalue weighted by Crippen LogP contribution is 2.25. The van der Waals surface area contributed by atoms with Gasteiger partial charge in [0.25, 0.3) is 0 Å². The highest BCUT2D eigenvalue weighted by atomic mass is 32.2. The fourth-order valence-electron chi connectivity index (χ4n) is 2.34. The predicted octanol–water partition coefficient (Wildman–Crippen LogP) is 0.142. The third-order valence-electron chi connectivity index (χ3n) is 3.40. The van der Waals surface area contributed by atoms with Crippen molar-refractivity contribution in [2.45, 2.75) is 29.9 Å². The molecule has 1 aliphatic heterocycles. The summed E-state index contributed by atoms with van der Waals surface area (Å²) >= 11 is 0. The van der Waals surface area contributed by atoms with Crippen LogP contribution < -0.4 is 5.73 Å². The molecule has 3 N–H and O–H groups in total. The van der Waals surface area contributed by atoms with E-state index < -0.39 is 10.0 Å². The van der Waals surface area contributed by atoms with Crippen LogP contribution in [0.2, 0.25) is 0 Å². The average molecular weight is 273 g/mol. The number of nitrogens with two attached hydrogens (primary N) is 1. The van der Waals surface area contributed by atoms with E-state index in [4.69, 9.17) is 10.5 Å². The van der Waals surface area contributed by atoms with Gasteiger partial charge in [0.15, 0.2) is 0 Å². The molecule has 0 aliphatic carbocycles. The van der Waals surface area contributed by atoms with Crippen molar-refractivity contribution in [3.63, 3.8) is 0 Å². The molecule has 0 radical (unpaired) electrons. The molecular formula is C11H19N3O3S. The van der Waals surface area contributed by atoms with Gasteiger partial charge < -0.3 is 15.5 Å². The van der Waals surface area contributed by atoms with Crippen molar-refractivity contribution in [3.05, 3.63) is 18.5 Å². The van der Waals surface area contributed by atoms with Crippen molar-refractivity contribution in [2.75, 3.05) is 20.2 Å². The lowest BCUT2D eigenvalue weighted by molar-refractivity contribution is 0.0401. The summed E-state index contributed by atoms with van der Waals surface area (Å²) in [6, 6.07) is 1.37. The molecule has 102 valence electrons. The maximum atomic E-state index is 12.4. The molecule has 1 aromatic heterocycles. The summed E-state index contributed by atoms with van der Waals surface area (Å²) in [7, 11) is -1.80. The van der Waals surface area contributed by atoms with Crippen LogP contribution in [-0.4, -0.2) is 50.1 Å². The third kappa shape index (κ3) is 2.44. The first-order valence-corrected chi connectivity index (χ1v) is 7.41. The first-order chi connectivity index (χ1) is 8.59. The fourth-order valence-corrected chi connectivity index (χ4v) is 3.98. The summed E-state index contributed by atoms with van der Waals surface area (Å²) in [6.07, 6.45) is 4.54. The zero-order chi connectivity index (χ0) is 13.2. The Morgan fingerprint density at radius 2 is 2.39 bits per heavy atom. The van der Waals surface area contributed by atoms with E-state index in [9.17, 15) is 8.42 Å². The Kier molecular flexibility index (Phi) is 4.06. The number of nitrogens with one attached hydrogen (secondary N) is 1. The number of piperidine rings is 1. The summed E-state index contributed by atoms with van der Waals surface area (Å²) in [5.41, 5.74) is 5.69. The molecule has 0 amide bonds. The van der Waals surface area contributed by atoms with Gasteiger partial charge in [-0.2, -0.15) is 4.31 Å². The summed E-state index contributed by atoms with van der Waals surface area (Å²) in [6.45, 7) is 0.761. The van der Waals surface area contributed by atoms with Gasteiger partial charge in [0.1, 0.15) is 0 Å². The number of sulfonamides is 1. The Hall–Kier alpha value is -0.890. The second kappa shape index (κ2) is 5.40. The number of H-pyrrole nitrogens is 1. The summed E-state index contributed by atoms with van der Waals surface area (Å²) in [4.78, 5) is 3.05. The van der Waals surface area contributed by atoms with E-state index in [1.807, 2.05) is 0 Å². The van der Waals surface area contributed by atoms with Gasteiger partial charge >= 0.3 is 0 Å². The summed E-state index contributed by atoms with van der Waals surface area (Å²) < 4.78 is 31.6. The smallest absolute Gasteiger partial charge is 0.244 e. The number of aromatic amines is 1. The van der Waals surface area contributed by atoms with E-state index in [1.54, 1.807) is 19.4 Å². The number of nitrogens with zero attached hydrogens (tertiary/aromatic N) is 1. The summed E-state index contributed by atoms with van der Waals surface area (Å²) in [5.74, 6) is 0. The van der Waals surface area contributed by atoms with Crippen LogP contribution in [0.25, 0.3) is 0 Å². The maximum Gasteiger partial charge on any atom is 0.244 e. The van der Waals surface area contributed by atoms with E-state index in [0.29, 0.717) is 25.9 Å². The Morgan fingerprint density at radius 1 is 1.61 bits per heavy atom. The standard InChI is InChI=1S/C11H19N3O3S/c1-17-10-3-5-14(9(6-10)7-12)18(15,16)11-2-4-13-8-11/h2,4,8-10,13H,3,5-7,12H2,1H3. The van der Waals surface area contributed by atoms with Crippen molar-refractivity contribution >= 4 is 10.0 Å². The first-order valence-electron chi connectivity index (χ1n) is 5.97. The van der Waals surface area contributed by atoms with Gasteiger partial charge in [-0.3, -0.25) is 0 Å². The number of ether oxygens (including phenoxy) is 1. The molecule has 1 fully saturated rings. The molecule has 1 saturated heterocycles. The maximum absolute atomic E-state index is 12.4. The van der Waals surface area contributed by atoms with Crippen LogP contribution in [0.3, 0.4) is 0 Å². The molecule has 0 saturated carbocycles. The van der Waals surface area contributed by atoms with Crippen molar-refractivity contribution in [1.82, 2.24) is 9.29 Å². The zero-order valence-corrected chi connectivity index (χ0v) is 11.2. The molecule has 1 aliphatic rings. The molecule has 2 atom stereocenters. The molecule has 18 heavy (non-hydrogen) atoms. The lowest BCUT2D eigenvalue weighted by Gasteiger charge is -2.37. The minimum Gasteiger partial charge on any atom is -0.381 e. The Labute approximate surface area is 107 Å². The fraction of sp³-hybridized carbons (Fsp3) is 0.636. The van der Waals surface area contributed by atoms with Crippen molar-refractivity contribution < 1.29 is 13.2 Å². The van der Waals surface area contributed by atoms with Gasteiger partial charge in [-0.25, -0.2) is 8.42 Å². The monoisotopic (exact) mass is 273 g/mol. The largest absolute Gasteiger partial charge is 0.381 e. The lowest BCUT2D eigenvalue weighted by atomic mass is 10.0. The van der Waals surface area contributed by atoms with E-state index in [-0.39, 0.29) is 17.0 Å². The Morgan fingerprint density at radius 3 is 2.94 bits per heavy atom. The number of hydrogen-bond acceptors (Lipinski definition) is 4. The zero-order valence-electron chi connectivity index (χ0n) is 10.4. The second-order valence-corrected chi connectivity index (χ2v) is 6.32. The van der Waals surface area contributed by atoms with Crippen molar-refractivity contribution in [1.29, 1.82) is 0 Å². The van der Waals surface area contributed by atoms with Gasteiger partial charge in [-0.1, -0.05) is 0 Å². The number of hydrogen-bond donors (Lipinski definition) is 2. The molecule has 0 aromatic carbocycles. The summed E-state index contributed by atoms with van der Waals surface area (Å²) in [5, 5.41) is 0. The number of rotatable bonds is 4. The van der Waals surface area contributed by atoms with Crippen LogP contribution in [0.4, 0.5) is 0 Å². The normalized spacial score (nSPS) is 26.3. The molecule has 6 nitrogen and oxygen atoms in total. The second-order valence-electron chi connectivity index (χ2n) is 4.43. The third-order valence-corrected chi connectivity index (χ3v) is 5.34. The van der Waals surface area contributed by atoms with E-state index >= 15 is 0 Å². The first kappa shape index (κ1) is 13.5. The van der Waals surface area contributed by atoms with Crippen LogP contribution in [0.5, 0.6) is 0 Å². The van der Waals surface area contributed by atoms with Crippen LogP contribution in [0, 0.1) is 0 Å². The molecule has 2 unspecified atom stereocenters. The van der Waals surface area contributed by atoms with Crippen LogP contribution in [-0.2, 0) is 14.8 Å². The Balaban J connectivity index is 2.22. The van der Waals surface area contributed by atoms with E-state index in [1.165, 1.54) is 10.5 Å². The van der Waals surface area contributed by atoms with Crippen LogP contribution in [0.15, 0.2) is 23.4 Å². The van der Waals surface area contributed by atoms with E-state index in [0.717, 1.165) is 0 Å². The van der Waals surface area contributed by atoms with Crippen LogP contribution >= 0.6 is 0 Å². The molecule has 0 spiro atoms. The predicted molar refractivity (Wildman–Crippen MR) is 67.6 cm³/mol. The number of methoxy groups -OCH3 is 1. The molecular weight excluding hydrogens is 254 g/mol. The number of aromatic nitrogens is 1. The van der Waals surface area contributed by atoms with Gasteiger partial charge in [-0.15, -0.1) is 0 Å². The average Bonchev–Trinajstić information content (AvgIpc) is 2.92. The highest BCUT2D eigenvalue weighted by Gasteiger charge is 2.36. The minimum absolute atomic E-state index is 0.0937. The van der Waals surface area contributed by atoms with Crippen molar-refractivity contribution in [2.24, 2.45) is 5.73 Å². The van der Waals surface area contributed by atoms with Gasteiger partial charge in [0, 0.05) is 38.6 Å². The molecule has 2 heterocycles. The highest BCUT2D eigenvalue weighted by molar-refractivity contribution is 7.89. The minimum atomic E-state index is -3.45. The SMILES string of the molecule is COC1CCN(S(=O)(=O)c2cc[nH]c2)C(CN)C1. The quantitative estimate of drug-likeness (QED) is 0.817. The molecule has 7 heteroatoms. The Bertz CT molecular complexity index is 472. The van der Waals surface area contributed by atoms with Gasteiger partial charge in [-0.05, 0) is 18.9 Å². The van der Waals surface area contributed by atoms with Crippen molar-refractivity contribution in [3.8, 4) is 0 Å². The molecule has 2 rings (SSSR count). The lowest BCUT2D eigenvalue weighted by Crippen LogP contribution is -2.50. The van der Waals surface area contributed by atoms with E-state index in [2.05, 4.69) is 4.98 Å². The molecule has 0 bridgehead atoms.